The van der Waals surface area contributed by atoms with E-state index in [9.17, 15) is 4.79 Å². The van der Waals surface area contributed by atoms with Gasteiger partial charge in [0.05, 0.1) is 11.2 Å². The second-order valence-electron chi connectivity index (χ2n) is 2.89. The van der Waals surface area contributed by atoms with Gasteiger partial charge in [-0.2, -0.15) is 10.2 Å². The normalized spacial score (nSPS) is 10.9. The lowest BCUT2D eigenvalue weighted by molar-refractivity contribution is 0.724. The number of fused-ring (bicyclic) bond motifs is 1. The van der Waals surface area contributed by atoms with Crippen LogP contribution < -0.4 is 5.56 Å². The topological polar surface area (TPSA) is 63.6 Å². The molecule has 0 saturated heterocycles. The maximum absolute atomic E-state index is 11.2. The average molecular weight is 178 g/mol. The van der Waals surface area contributed by atoms with Crippen molar-refractivity contribution >= 4 is 11.0 Å². The highest BCUT2D eigenvalue weighted by atomic mass is 16.1. The van der Waals surface area contributed by atoms with Crippen molar-refractivity contribution in [3.05, 3.63) is 22.1 Å². The van der Waals surface area contributed by atoms with Gasteiger partial charge in [-0.15, -0.1) is 0 Å². The minimum absolute atomic E-state index is 0.126. The van der Waals surface area contributed by atoms with Crippen LogP contribution in [-0.2, 0) is 13.5 Å². The Morgan fingerprint density at radius 2 is 2.38 bits per heavy atom. The number of aryl methyl sites for hydroxylation is 2. The lowest BCUT2D eigenvalue weighted by atomic mass is 10.3. The molecule has 0 spiro atoms. The highest BCUT2D eigenvalue weighted by Crippen LogP contribution is 2.09. The van der Waals surface area contributed by atoms with Gasteiger partial charge in [0.1, 0.15) is 5.52 Å². The van der Waals surface area contributed by atoms with Crippen molar-refractivity contribution in [3.8, 4) is 0 Å². The van der Waals surface area contributed by atoms with Gasteiger partial charge in [0.2, 0.25) is 0 Å². The van der Waals surface area contributed by atoms with Crippen LogP contribution >= 0.6 is 0 Å². The zero-order chi connectivity index (χ0) is 9.42. The van der Waals surface area contributed by atoms with Gasteiger partial charge in [0, 0.05) is 13.1 Å². The SMILES string of the molecule is CCc1n[nH]c2cc(=O)n(C)nc12. The Kier molecular flexibility index (Phi) is 1.65. The van der Waals surface area contributed by atoms with E-state index in [4.69, 9.17) is 0 Å². The number of aromatic nitrogens is 4. The smallest absolute Gasteiger partial charge is 0.268 e. The Hall–Kier alpha value is -1.65. The van der Waals surface area contributed by atoms with Gasteiger partial charge < -0.3 is 0 Å². The fourth-order valence-corrected chi connectivity index (χ4v) is 1.26. The van der Waals surface area contributed by atoms with Crippen molar-refractivity contribution in [2.75, 3.05) is 0 Å². The van der Waals surface area contributed by atoms with Gasteiger partial charge >= 0.3 is 0 Å². The Morgan fingerprint density at radius 1 is 1.62 bits per heavy atom. The van der Waals surface area contributed by atoms with E-state index in [-0.39, 0.29) is 5.56 Å². The second-order valence-corrected chi connectivity index (χ2v) is 2.89. The number of nitrogens with zero attached hydrogens (tertiary/aromatic N) is 3. The third-order valence-corrected chi connectivity index (χ3v) is 2.01. The predicted octanol–water partition coefficient (Wildman–Crippen LogP) is 0.219. The fourth-order valence-electron chi connectivity index (χ4n) is 1.26. The number of rotatable bonds is 1. The van der Waals surface area contributed by atoms with E-state index < -0.39 is 0 Å². The van der Waals surface area contributed by atoms with Crippen LogP contribution in [0.1, 0.15) is 12.6 Å². The molecule has 0 aliphatic heterocycles. The maximum atomic E-state index is 11.2. The molecule has 0 saturated carbocycles. The first-order valence-electron chi connectivity index (χ1n) is 4.13. The molecule has 0 atom stereocenters. The van der Waals surface area contributed by atoms with Crippen LogP contribution in [0.3, 0.4) is 0 Å². The average Bonchev–Trinajstić information content (AvgIpc) is 2.48. The van der Waals surface area contributed by atoms with E-state index in [0.29, 0.717) is 5.52 Å². The van der Waals surface area contributed by atoms with E-state index in [1.165, 1.54) is 10.7 Å². The Balaban J connectivity index is 2.84. The third-order valence-electron chi connectivity index (χ3n) is 2.01. The van der Waals surface area contributed by atoms with Gasteiger partial charge in [0.25, 0.3) is 5.56 Å². The van der Waals surface area contributed by atoms with Crippen LogP contribution in [0.5, 0.6) is 0 Å². The summed E-state index contributed by atoms with van der Waals surface area (Å²) in [5, 5.41) is 11.0. The summed E-state index contributed by atoms with van der Waals surface area (Å²) in [5.74, 6) is 0. The number of hydrogen-bond acceptors (Lipinski definition) is 3. The monoisotopic (exact) mass is 178 g/mol. The molecule has 0 aliphatic rings. The quantitative estimate of drug-likeness (QED) is 0.679. The molecule has 5 nitrogen and oxygen atoms in total. The minimum Gasteiger partial charge on any atom is -0.276 e. The molecule has 2 aromatic heterocycles. The molecular formula is C8H10N4O. The van der Waals surface area contributed by atoms with Crippen molar-refractivity contribution in [2.24, 2.45) is 7.05 Å². The van der Waals surface area contributed by atoms with Crippen LogP contribution in [0.25, 0.3) is 11.0 Å². The first-order valence-corrected chi connectivity index (χ1v) is 4.13. The number of aromatic amines is 1. The van der Waals surface area contributed by atoms with Gasteiger partial charge in [-0.1, -0.05) is 6.92 Å². The molecule has 1 N–H and O–H groups in total. The summed E-state index contributed by atoms with van der Waals surface area (Å²) in [4.78, 5) is 11.2. The third kappa shape index (κ3) is 1.12. The second kappa shape index (κ2) is 2.69. The summed E-state index contributed by atoms with van der Waals surface area (Å²) in [6.07, 6.45) is 0.811. The van der Waals surface area contributed by atoms with Crippen molar-refractivity contribution in [1.82, 2.24) is 20.0 Å². The molecule has 0 fully saturated rings. The summed E-state index contributed by atoms with van der Waals surface area (Å²) in [7, 11) is 1.63. The molecule has 0 aliphatic carbocycles. The highest BCUT2D eigenvalue weighted by Gasteiger charge is 2.06. The highest BCUT2D eigenvalue weighted by molar-refractivity contribution is 5.75. The lowest BCUT2D eigenvalue weighted by Gasteiger charge is -1.94. The first-order chi connectivity index (χ1) is 6.22. The van der Waals surface area contributed by atoms with Crippen molar-refractivity contribution in [3.63, 3.8) is 0 Å². The zero-order valence-electron chi connectivity index (χ0n) is 7.53. The van der Waals surface area contributed by atoms with Gasteiger partial charge in [-0.25, -0.2) is 4.68 Å². The Morgan fingerprint density at radius 3 is 3.08 bits per heavy atom. The van der Waals surface area contributed by atoms with Crippen molar-refractivity contribution < 1.29 is 0 Å². The molecule has 0 bridgehead atoms. The van der Waals surface area contributed by atoms with E-state index in [0.717, 1.165) is 17.6 Å². The summed E-state index contributed by atoms with van der Waals surface area (Å²) >= 11 is 0. The van der Waals surface area contributed by atoms with Crippen LogP contribution in [-0.4, -0.2) is 20.0 Å². The number of hydrogen-bond donors (Lipinski definition) is 1. The molecule has 0 aromatic carbocycles. The van der Waals surface area contributed by atoms with Crippen LogP contribution in [0, 0.1) is 0 Å². The standard InChI is InChI=1S/C8H10N4O/c1-3-5-8-6(10-9-5)4-7(13)12(2)11-8/h4,10H,3H2,1-2H3. The maximum Gasteiger partial charge on any atom is 0.268 e. The van der Waals surface area contributed by atoms with Crippen molar-refractivity contribution in [1.29, 1.82) is 0 Å². The van der Waals surface area contributed by atoms with Crippen LogP contribution in [0.4, 0.5) is 0 Å². The summed E-state index contributed by atoms with van der Waals surface area (Å²) in [6.45, 7) is 2.00. The molecule has 0 amide bonds. The largest absolute Gasteiger partial charge is 0.276 e. The molecule has 13 heavy (non-hydrogen) atoms. The molecular weight excluding hydrogens is 168 g/mol. The van der Waals surface area contributed by atoms with E-state index in [2.05, 4.69) is 15.3 Å². The molecule has 2 aromatic rings. The van der Waals surface area contributed by atoms with E-state index in [1.807, 2.05) is 6.92 Å². The molecule has 5 heteroatoms. The summed E-state index contributed by atoms with van der Waals surface area (Å²) < 4.78 is 1.32. The van der Waals surface area contributed by atoms with Gasteiger partial charge in [-0.05, 0) is 6.42 Å². The lowest BCUT2D eigenvalue weighted by Crippen LogP contribution is -2.17. The number of H-pyrrole nitrogens is 1. The zero-order valence-corrected chi connectivity index (χ0v) is 7.53. The number of nitrogens with one attached hydrogen (secondary N) is 1. The molecule has 0 unspecified atom stereocenters. The fraction of sp³-hybridized carbons (Fsp3) is 0.375. The minimum atomic E-state index is -0.126. The van der Waals surface area contributed by atoms with Gasteiger partial charge in [0.15, 0.2) is 0 Å². The Bertz CT molecular complexity index is 496. The Labute approximate surface area is 74.4 Å². The molecule has 68 valence electrons. The molecule has 0 radical (unpaired) electrons. The van der Waals surface area contributed by atoms with E-state index >= 15 is 0 Å². The molecule has 2 rings (SSSR count). The van der Waals surface area contributed by atoms with Gasteiger partial charge in [-0.3, -0.25) is 9.89 Å². The molecule has 2 heterocycles. The summed E-state index contributed by atoms with van der Waals surface area (Å²) in [5.41, 5.74) is 2.26. The van der Waals surface area contributed by atoms with Crippen LogP contribution in [0.2, 0.25) is 0 Å². The first kappa shape index (κ1) is 7.97. The van der Waals surface area contributed by atoms with Crippen molar-refractivity contribution in [2.45, 2.75) is 13.3 Å². The predicted molar refractivity (Wildman–Crippen MR) is 48.5 cm³/mol. The van der Waals surface area contributed by atoms with E-state index in [1.54, 1.807) is 7.05 Å². The van der Waals surface area contributed by atoms with Crippen LogP contribution in [0.15, 0.2) is 10.9 Å². The summed E-state index contributed by atoms with van der Waals surface area (Å²) in [6, 6.07) is 1.51.